The highest BCUT2D eigenvalue weighted by Crippen LogP contribution is 2.39. The summed E-state index contributed by atoms with van der Waals surface area (Å²) < 4.78 is 13.3. The van der Waals surface area contributed by atoms with E-state index in [1.165, 1.54) is 56.9 Å². The van der Waals surface area contributed by atoms with E-state index in [1.807, 2.05) is 6.07 Å². The zero-order valence-electron chi connectivity index (χ0n) is 13.1. The van der Waals surface area contributed by atoms with E-state index in [1.54, 1.807) is 12.1 Å². The van der Waals surface area contributed by atoms with Crippen LogP contribution < -0.4 is 0 Å². The summed E-state index contributed by atoms with van der Waals surface area (Å²) >= 11 is 0. The van der Waals surface area contributed by atoms with E-state index in [0.717, 1.165) is 11.8 Å². The number of hydrogen-bond acceptors (Lipinski definition) is 0. The summed E-state index contributed by atoms with van der Waals surface area (Å²) in [6, 6.07) is 7.19. The van der Waals surface area contributed by atoms with Crippen molar-refractivity contribution in [1.82, 2.24) is 0 Å². The standard InChI is InChI=1S/C19H29F/c1-3-4-5-7-16-10-12-17(13-11-16)15(2)18-8-6-9-19(20)14-18/h6,8-9,14-17H,3-5,7,10-13H2,1-2H3. The Morgan fingerprint density at radius 3 is 2.55 bits per heavy atom. The molecule has 0 N–H and O–H groups in total. The lowest BCUT2D eigenvalue weighted by Gasteiger charge is -2.32. The molecular formula is C19H29F. The Kier molecular flexibility index (Phi) is 6.06. The maximum atomic E-state index is 13.3. The largest absolute Gasteiger partial charge is 0.207 e. The van der Waals surface area contributed by atoms with Gasteiger partial charge in [0.2, 0.25) is 0 Å². The van der Waals surface area contributed by atoms with Crippen LogP contribution in [0.15, 0.2) is 24.3 Å². The minimum Gasteiger partial charge on any atom is -0.207 e. The normalized spacial score (nSPS) is 24.6. The molecule has 0 aliphatic heterocycles. The zero-order chi connectivity index (χ0) is 14.4. The van der Waals surface area contributed by atoms with Gasteiger partial charge in [-0.15, -0.1) is 0 Å². The Balaban J connectivity index is 1.81. The van der Waals surface area contributed by atoms with Gasteiger partial charge >= 0.3 is 0 Å². The first-order valence-corrected chi connectivity index (χ1v) is 8.46. The molecule has 0 nitrogen and oxygen atoms in total. The van der Waals surface area contributed by atoms with Gasteiger partial charge in [0.15, 0.2) is 0 Å². The van der Waals surface area contributed by atoms with E-state index in [4.69, 9.17) is 0 Å². The van der Waals surface area contributed by atoms with Gasteiger partial charge in [0.05, 0.1) is 0 Å². The van der Waals surface area contributed by atoms with Gasteiger partial charge in [0, 0.05) is 0 Å². The van der Waals surface area contributed by atoms with Crippen molar-refractivity contribution in [2.45, 2.75) is 71.1 Å². The molecule has 0 radical (unpaired) electrons. The summed E-state index contributed by atoms with van der Waals surface area (Å²) in [7, 11) is 0. The summed E-state index contributed by atoms with van der Waals surface area (Å²) in [6.45, 7) is 4.55. The van der Waals surface area contributed by atoms with Gasteiger partial charge in [0.1, 0.15) is 5.82 Å². The highest BCUT2D eigenvalue weighted by Gasteiger charge is 2.25. The molecule has 1 fully saturated rings. The summed E-state index contributed by atoms with van der Waals surface area (Å²) in [4.78, 5) is 0. The molecule has 20 heavy (non-hydrogen) atoms. The van der Waals surface area contributed by atoms with Crippen LogP contribution in [-0.4, -0.2) is 0 Å². The van der Waals surface area contributed by atoms with Crippen LogP contribution in [0.25, 0.3) is 0 Å². The molecule has 1 aromatic carbocycles. The molecule has 1 unspecified atom stereocenters. The molecule has 0 aromatic heterocycles. The molecule has 1 atom stereocenters. The molecule has 1 heteroatoms. The molecule has 0 heterocycles. The monoisotopic (exact) mass is 276 g/mol. The third-order valence-electron chi connectivity index (χ3n) is 5.19. The Morgan fingerprint density at radius 2 is 1.90 bits per heavy atom. The zero-order valence-corrected chi connectivity index (χ0v) is 13.1. The van der Waals surface area contributed by atoms with Crippen LogP contribution in [0, 0.1) is 17.7 Å². The van der Waals surface area contributed by atoms with Crippen molar-refractivity contribution in [2.24, 2.45) is 11.8 Å². The quantitative estimate of drug-likeness (QED) is 0.534. The van der Waals surface area contributed by atoms with Crippen LogP contribution >= 0.6 is 0 Å². The predicted molar refractivity (Wildman–Crippen MR) is 84.4 cm³/mol. The molecule has 1 aliphatic rings. The van der Waals surface area contributed by atoms with Gasteiger partial charge in [-0.05, 0) is 48.3 Å². The van der Waals surface area contributed by atoms with E-state index in [9.17, 15) is 4.39 Å². The average molecular weight is 276 g/mol. The Morgan fingerprint density at radius 1 is 1.15 bits per heavy atom. The topological polar surface area (TPSA) is 0 Å². The van der Waals surface area contributed by atoms with Crippen molar-refractivity contribution in [3.63, 3.8) is 0 Å². The van der Waals surface area contributed by atoms with Crippen LogP contribution in [0.3, 0.4) is 0 Å². The number of hydrogen-bond donors (Lipinski definition) is 0. The minimum absolute atomic E-state index is 0.0948. The molecule has 1 aromatic rings. The molecule has 1 saturated carbocycles. The molecule has 0 spiro atoms. The smallest absolute Gasteiger partial charge is 0.123 e. The molecule has 0 bridgehead atoms. The lowest BCUT2D eigenvalue weighted by molar-refractivity contribution is 0.236. The third kappa shape index (κ3) is 4.33. The Bertz CT molecular complexity index is 391. The third-order valence-corrected chi connectivity index (χ3v) is 5.19. The van der Waals surface area contributed by atoms with Crippen molar-refractivity contribution in [3.8, 4) is 0 Å². The molecule has 2 rings (SSSR count). The fraction of sp³-hybridized carbons (Fsp3) is 0.684. The first-order chi connectivity index (χ1) is 9.70. The highest BCUT2D eigenvalue weighted by molar-refractivity contribution is 5.20. The lowest BCUT2D eigenvalue weighted by atomic mass is 9.73. The minimum atomic E-state index is -0.0948. The van der Waals surface area contributed by atoms with E-state index in [-0.39, 0.29) is 5.82 Å². The number of rotatable bonds is 6. The van der Waals surface area contributed by atoms with Crippen molar-refractivity contribution < 1.29 is 4.39 Å². The summed E-state index contributed by atoms with van der Waals surface area (Å²) in [6.07, 6.45) is 11.0. The highest BCUT2D eigenvalue weighted by atomic mass is 19.1. The molecule has 0 amide bonds. The maximum Gasteiger partial charge on any atom is 0.123 e. The Hall–Kier alpha value is -0.850. The van der Waals surface area contributed by atoms with E-state index in [2.05, 4.69) is 19.9 Å². The fourth-order valence-electron chi connectivity index (χ4n) is 3.72. The molecule has 1 aliphatic carbocycles. The van der Waals surface area contributed by atoms with Gasteiger partial charge in [-0.25, -0.2) is 4.39 Å². The van der Waals surface area contributed by atoms with Crippen LogP contribution in [-0.2, 0) is 0 Å². The van der Waals surface area contributed by atoms with E-state index < -0.39 is 0 Å². The van der Waals surface area contributed by atoms with Crippen molar-refractivity contribution in [1.29, 1.82) is 0 Å². The van der Waals surface area contributed by atoms with Crippen molar-refractivity contribution in [3.05, 3.63) is 35.6 Å². The van der Waals surface area contributed by atoms with Crippen molar-refractivity contribution >= 4 is 0 Å². The number of benzene rings is 1. The average Bonchev–Trinajstić information content (AvgIpc) is 2.47. The van der Waals surface area contributed by atoms with Crippen LogP contribution in [0.2, 0.25) is 0 Å². The van der Waals surface area contributed by atoms with Crippen LogP contribution in [0.4, 0.5) is 4.39 Å². The van der Waals surface area contributed by atoms with Gasteiger partial charge < -0.3 is 0 Å². The van der Waals surface area contributed by atoms with Gasteiger partial charge in [0.25, 0.3) is 0 Å². The second kappa shape index (κ2) is 7.81. The van der Waals surface area contributed by atoms with Crippen LogP contribution in [0.1, 0.15) is 76.7 Å². The molecular weight excluding hydrogens is 247 g/mol. The Labute approximate surface area is 123 Å². The van der Waals surface area contributed by atoms with Crippen molar-refractivity contribution in [2.75, 3.05) is 0 Å². The van der Waals surface area contributed by atoms with E-state index >= 15 is 0 Å². The summed E-state index contributed by atoms with van der Waals surface area (Å²) in [5, 5.41) is 0. The first kappa shape index (κ1) is 15.5. The lowest BCUT2D eigenvalue weighted by Crippen LogP contribution is -2.19. The first-order valence-electron chi connectivity index (χ1n) is 8.46. The predicted octanol–water partition coefficient (Wildman–Crippen LogP) is 6.32. The maximum absolute atomic E-state index is 13.3. The SMILES string of the molecule is CCCCCC1CCC(C(C)c2cccc(F)c2)CC1. The number of unbranched alkanes of at least 4 members (excludes halogenated alkanes) is 2. The van der Waals surface area contributed by atoms with Crippen LogP contribution in [0.5, 0.6) is 0 Å². The summed E-state index contributed by atoms with van der Waals surface area (Å²) in [5.74, 6) is 2.11. The fourth-order valence-corrected chi connectivity index (χ4v) is 3.72. The molecule has 112 valence electrons. The molecule has 0 saturated heterocycles. The van der Waals surface area contributed by atoms with E-state index in [0.29, 0.717) is 5.92 Å². The number of halogens is 1. The van der Waals surface area contributed by atoms with Gasteiger partial charge in [-0.3, -0.25) is 0 Å². The summed E-state index contributed by atoms with van der Waals surface area (Å²) in [5.41, 5.74) is 1.18. The second-order valence-corrected chi connectivity index (χ2v) is 6.62. The second-order valence-electron chi connectivity index (χ2n) is 6.62. The van der Waals surface area contributed by atoms with Gasteiger partial charge in [-0.2, -0.15) is 0 Å². The van der Waals surface area contributed by atoms with Gasteiger partial charge in [-0.1, -0.05) is 64.5 Å².